The number of nitrogens with zero attached hydrogens (tertiary/aromatic N) is 2. The van der Waals surface area contributed by atoms with Gasteiger partial charge in [-0.25, -0.2) is 0 Å². The molecule has 1 atom stereocenters. The number of rotatable bonds is 2. The molecular weight excluding hydrogens is 303 g/mol. The molecule has 1 aromatic rings. The topological polar surface area (TPSA) is 28.2 Å². The summed E-state index contributed by atoms with van der Waals surface area (Å²) in [5.74, 6) is 0. The third-order valence-corrected chi connectivity index (χ3v) is 4.42. The Morgan fingerprint density at radius 3 is 2.81 bits per heavy atom. The molecule has 0 bridgehead atoms. The zero-order chi connectivity index (χ0) is 14.2. The molecule has 2 aliphatic rings. The predicted octanol–water partition coefficient (Wildman–Crippen LogP) is 2.71. The van der Waals surface area contributed by atoms with Gasteiger partial charge in [0.1, 0.15) is 0 Å². The van der Waals surface area contributed by atoms with Crippen LogP contribution in [0.3, 0.4) is 0 Å². The van der Waals surface area contributed by atoms with E-state index in [9.17, 15) is 13.2 Å². The Morgan fingerprint density at radius 1 is 1.33 bits per heavy atom. The Kier molecular flexibility index (Phi) is 4.80. The van der Waals surface area contributed by atoms with Gasteiger partial charge in [0, 0.05) is 25.8 Å². The van der Waals surface area contributed by atoms with Crippen LogP contribution in [-0.4, -0.2) is 36.1 Å². The molecule has 3 heterocycles. The van der Waals surface area contributed by atoms with Crippen LogP contribution >= 0.6 is 12.4 Å². The lowest BCUT2D eigenvalue weighted by molar-refractivity contribution is -0.138. The van der Waals surface area contributed by atoms with Crippen molar-refractivity contribution >= 4 is 12.4 Å². The second kappa shape index (κ2) is 6.10. The molecule has 3 nitrogen and oxygen atoms in total. The van der Waals surface area contributed by atoms with Crippen LogP contribution in [0.15, 0.2) is 18.3 Å². The van der Waals surface area contributed by atoms with E-state index in [4.69, 9.17) is 0 Å². The second-order valence-electron chi connectivity index (χ2n) is 5.88. The van der Waals surface area contributed by atoms with Gasteiger partial charge in [0.25, 0.3) is 0 Å². The Labute approximate surface area is 128 Å². The van der Waals surface area contributed by atoms with Crippen molar-refractivity contribution in [3.63, 3.8) is 0 Å². The van der Waals surface area contributed by atoms with E-state index < -0.39 is 11.7 Å². The van der Waals surface area contributed by atoms with Gasteiger partial charge in [-0.2, -0.15) is 13.2 Å². The van der Waals surface area contributed by atoms with Crippen molar-refractivity contribution in [3.05, 3.63) is 29.6 Å². The molecule has 118 valence electrons. The van der Waals surface area contributed by atoms with Crippen molar-refractivity contribution in [2.75, 3.05) is 26.2 Å². The standard InChI is InChI=1S/C14H18F3N3.ClH/c15-14(16,17)11-2-1-5-19-12(11)8-20-7-4-13(10-20)3-6-18-9-13;/h1-2,5,18H,3-4,6-10H2;1H. The monoisotopic (exact) mass is 321 g/mol. The van der Waals surface area contributed by atoms with E-state index in [0.717, 1.165) is 45.1 Å². The van der Waals surface area contributed by atoms with Crippen molar-refractivity contribution in [1.29, 1.82) is 0 Å². The average molecular weight is 322 g/mol. The first-order valence-electron chi connectivity index (χ1n) is 6.93. The second-order valence-corrected chi connectivity index (χ2v) is 5.88. The summed E-state index contributed by atoms with van der Waals surface area (Å²) in [6.07, 6.45) is -0.699. The third-order valence-electron chi connectivity index (χ3n) is 4.42. The summed E-state index contributed by atoms with van der Waals surface area (Å²) in [6.45, 7) is 4.02. The van der Waals surface area contributed by atoms with Gasteiger partial charge < -0.3 is 5.32 Å². The van der Waals surface area contributed by atoms with E-state index in [1.807, 2.05) is 0 Å². The van der Waals surface area contributed by atoms with Gasteiger partial charge in [-0.05, 0) is 43.5 Å². The molecule has 0 radical (unpaired) electrons. The highest BCUT2D eigenvalue weighted by molar-refractivity contribution is 5.85. The number of hydrogen-bond acceptors (Lipinski definition) is 3. The number of halogens is 4. The molecule has 1 N–H and O–H groups in total. The first-order valence-corrected chi connectivity index (χ1v) is 6.93. The van der Waals surface area contributed by atoms with Crippen LogP contribution in [0, 0.1) is 5.41 Å². The van der Waals surface area contributed by atoms with E-state index in [2.05, 4.69) is 15.2 Å². The molecule has 2 aliphatic heterocycles. The van der Waals surface area contributed by atoms with Gasteiger partial charge in [-0.3, -0.25) is 9.88 Å². The normalized spacial score (nSPS) is 26.2. The summed E-state index contributed by atoms with van der Waals surface area (Å²) < 4.78 is 38.8. The molecule has 2 saturated heterocycles. The number of pyridine rings is 1. The maximum Gasteiger partial charge on any atom is 0.418 e. The molecule has 0 saturated carbocycles. The molecule has 0 aliphatic carbocycles. The summed E-state index contributed by atoms with van der Waals surface area (Å²) in [7, 11) is 0. The highest BCUT2D eigenvalue weighted by Gasteiger charge is 2.41. The minimum atomic E-state index is -4.32. The number of likely N-dealkylation sites (tertiary alicyclic amines) is 1. The number of hydrogen-bond donors (Lipinski definition) is 1. The SMILES string of the molecule is Cl.FC(F)(F)c1cccnc1CN1CCC2(CCNC2)C1. The van der Waals surface area contributed by atoms with Crippen LogP contribution in [0.4, 0.5) is 13.2 Å². The van der Waals surface area contributed by atoms with E-state index in [-0.39, 0.29) is 30.1 Å². The van der Waals surface area contributed by atoms with Gasteiger partial charge in [-0.1, -0.05) is 0 Å². The molecule has 21 heavy (non-hydrogen) atoms. The van der Waals surface area contributed by atoms with E-state index in [1.165, 1.54) is 12.3 Å². The zero-order valence-corrected chi connectivity index (χ0v) is 12.4. The molecule has 0 aromatic carbocycles. The number of alkyl halides is 3. The average Bonchev–Trinajstić information content (AvgIpc) is 3.00. The lowest BCUT2D eigenvalue weighted by Gasteiger charge is -2.23. The Morgan fingerprint density at radius 2 is 2.14 bits per heavy atom. The van der Waals surface area contributed by atoms with Crippen molar-refractivity contribution in [2.24, 2.45) is 5.41 Å². The first kappa shape index (κ1) is 16.5. The van der Waals surface area contributed by atoms with Gasteiger partial charge in [-0.15, -0.1) is 12.4 Å². The highest BCUT2D eigenvalue weighted by Crippen LogP contribution is 2.37. The van der Waals surface area contributed by atoms with Gasteiger partial charge in [0.2, 0.25) is 0 Å². The van der Waals surface area contributed by atoms with Crippen LogP contribution < -0.4 is 5.32 Å². The molecule has 1 spiro atoms. The maximum atomic E-state index is 12.9. The smallest absolute Gasteiger partial charge is 0.316 e. The largest absolute Gasteiger partial charge is 0.418 e. The van der Waals surface area contributed by atoms with Crippen LogP contribution in [0.2, 0.25) is 0 Å². The van der Waals surface area contributed by atoms with Crippen LogP contribution in [-0.2, 0) is 12.7 Å². The molecule has 7 heteroatoms. The minimum Gasteiger partial charge on any atom is -0.316 e. The highest BCUT2D eigenvalue weighted by atomic mass is 35.5. The van der Waals surface area contributed by atoms with Crippen molar-refractivity contribution < 1.29 is 13.2 Å². The Bertz CT molecular complexity index is 487. The van der Waals surface area contributed by atoms with Crippen LogP contribution in [0.25, 0.3) is 0 Å². The first-order chi connectivity index (χ1) is 9.49. The summed E-state index contributed by atoms with van der Waals surface area (Å²) >= 11 is 0. The van der Waals surface area contributed by atoms with Crippen LogP contribution in [0.5, 0.6) is 0 Å². The summed E-state index contributed by atoms with van der Waals surface area (Å²) in [6, 6.07) is 2.46. The minimum absolute atomic E-state index is 0. The van der Waals surface area contributed by atoms with Gasteiger partial charge in [0.15, 0.2) is 0 Å². The molecule has 1 unspecified atom stereocenters. The fourth-order valence-electron chi connectivity index (χ4n) is 3.34. The van der Waals surface area contributed by atoms with E-state index in [0.29, 0.717) is 0 Å². The summed E-state index contributed by atoms with van der Waals surface area (Å²) in [5, 5.41) is 3.35. The maximum absolute atomic E-state index is 12.9. The summed E-state index contributed by atoms with van der Waals surface area (Å²) in [4.78, 5) is 6.05. The lowest BCUT2D eigenvalue weighted by Crippen LogP contribution is -2.29. The van der Waals surface area contributed by atoms with Gasteiger partial charge in [0.05, 0.1) is 11.3 Å². The van der Waals surface area contributed by atoms with Crippen molar-refractivity contribution in [1.82, 2.24) is 15.2 Å². The van der Waals surface area contributed by atoms with E-state index >= 15 is 0 Å². The predicted molar refractivity (Wildman–Crippen MR) is 76.3 cm³/mol. The fraction of sp³-hybridized carbons (Fsp3) is 0.643. The quantitative estimate of drug-likeness (QED) is 0.908. The van der Waals surface area contributed by atoms with Crippen molar-refractivity contribution in [2.45, 2.75) is 25.6 Å². The molecule has 0 amide bonds. The zero-order valence-electron chi connectivity index (χ0n) is 11.6. The third kappa shape index (κ3) is 3.49. The molecular formula is C14H19ClF3N3. The Hall–Kier alpha value is -0.850. The number of aromatic nitrogens is 1. The van der Waals surface area contributed by atoms with Crippen LogP contribution in [0.1, 0.15) is 24.1 Å². The summed E-state index contributed by atoms with van der Waals surface area (Å²) in [5.41, 5.74) is -0.193. The van der Waals surface area contributed by atoms with E-state index in [1.54, 1.807) is 0 Å². The molecule has 2 fully saturated rings. The Balaban J connectivity index is 0.00000161. The van der Waals surface area contributed by atoms with Crippen molar-refractivity contribution in [3.8, 4) is 0 Å². The molecule has 1 aromatic heterocycles. The fourth-order valence-corrected chi connectivity index (χ4v) is 3.34. The number of nitrogens with one attached hydrogen (secondary N) is 1. The van der Waals surface area contributed by atoms with Gasteiger partial charge >= 0.3 is 6.18 Å². The lowest BCUT2D eigenvalue weighted by atomic mass is 9.87. The molecule has 3 rings (SSSR count).